The summed E-state index contributed by atoms with van der Waals surface area (Å²) in [5.41, 5.74) is 2.53. The maximum atomic E-state index is 12.9. The number of rotatable bonds is 6. The van der Waals surface area contributed by atoms with E-state index in [0.29, 0.717) is 12.1 Å². The quantitative estimate of drug-likeness (QED) is 0.675. The third-order valence-electron chi connectivity index (χ3n) is 3.66. The van der Waals surface area contributed by atoms with Crippen molar-refractivity contribution in [1.29, 1.82) is 0 Å². The van der Waals surface area contributed by atoms with Gasteiger partial charge in [0.15, 0.2) is 0 Å². The molecule has 1 aromatic carbocycles. The van der Waals surface area contributed by atoms with E-state index >= 15 is 0 Å². The van der Waals surface area contributed by atoms with E-state index in [4.69, 9.17) is 0 Å². The minimum atomic E-state index is 0.0286. The molecule has 2 heterocycles. The number of nitrogens with zero attached hydrogens (tertiary/aromatic N) is 3. The zero-order valence-electron chi connectivity index (χ0n) is 13.6. The van der Waals surface area contributed by atoms with E-state index < -0.39 is 0 Å². The Bertz CT molecular complexity index is 787. The first kappa shape index (κ1) is 16.3. The molecule has 3 rings (SSSR count). The first-order valence-corrected chi connectivity index (χ1v) is 8.85. The van der Waals surface area contributed by atoms with Crippen LogP contribution in [0.25, 0.3) is 10.7 Å². The number of carbonyl (C=O) groups excluding carboxylic acids is 1. The van der Waals surface area contributed by atoms with E-state index in [1.54, 1.807) is 18.5 Å². The fourth-order valence-corrected chi connectivity index (χ4v) is 3.14. The monoisotopic (exact) mass is 337 g/mol. The number of carbonyl (C=O) groups is 1. The number of benzene rings is 1. The topological polar surface area (TPSA) is 46.1 Å². The van der Waals surface area contributed by atoms with Gasteiger partial charge in [0.05, 0.1) is 5.69 Å². The van der Waals surface area contributed by atoms with Gasteiger partial charge in [0, 0.05) is 36.4 Å². The zero-order chi connectivity index (χ0) is 16.8. The molecule has 5 heteroatoms. The smallest absolute Gasteiger partial charge is 0.254 e. The van der Waals surface area contributed by atoms with E-state index in [0.717, 1.165) is 29.2 Å². The maximum Gasteiger partial charge on any atom is 0.254 e. The minimum absolute atomic E-state index is 0.0286. The van der Waals surface area contributed by atoms with Crippen LogP contribution in [0.15, 0.2) is 60.2 Å². The molecule has 0 saturated carbocycles. The molecule has 0 atom stereocenters. The van der Waals surface area contributed by atoms with E-state index in [-0.39, 0.29) is 5.91 Å². The maximum absolute atomic E-state index is 12.9. The fraction of sp³-hybridized carbons (Fsp3) is 0.211. The molecule has 0 saturated heterocycles. The Kier molecular flexibility index (Phi) is 5.33. The molecule has 1 amide bonds. The zero-order valence-corrected chi connectivity index (χ0v) is 14.4. The fourth-order valence-electron chi connectivity index (χ4n) is 2.54. The van der Waals surface area contributed by atoms with Gasteiger partial charge in [-0.15, -0.1) is 11.3 Å². The van der Waals surface area contributed by atoms with Gasteiger partial charge in [-0.05, 0) is 24.1 Å². The molecule has 4 nitrogen and oxygen atoms in total. The Morgan fingerprint density at radius 3 is 2.67 bits per heavy atom. The average molecular weight is 337 g/mol. The normalized spacial score (nSPS) is 10.5. The van der Waals surface area contributed by atoms with Crippen LogP contribution in [-0.2, 0) is 6.54 Å². The van der Waals surface area contributed by atoms with Crippen LogP contribution >= 0.6 is 11.3 Å². The molecule has 2 aromatic heterocycles. The summed E-state index contributed by atoms with van der Waals surface area (Å²) >= 11 is 1.52. The first-order valence-electron chi connectivity index (χ1n) is 7.97. The van der Waals surface area contributed by atoms with Crippen molar-refractivity contribution in [1.82, 2.24) is 14.9 Å². The third-order valence-corrected chi connectivity index (χ3v) is 4.45. The summed E-state index contributed by atoms with van der Waals surface area (Å²) in [6.07, 6.45) is 4.34. The van der Waals surface area contributed by atoms with Crippen LogP contribution in [0.1, 0.15) is 29.3 Å². The molecule has 0 bridgehead atoms. The van der Waals surface area contributed by atoms with Crippen molar-refractivity contribution in [2.45, 2.75) is 19.9 Å². The Labute approximate surface area is 145 Å². The lowest BCUT2D eigenvalue weighted by molar-refractivity contribution is 0.0743. The van der Waals surface area contributed by atoms with Crippen molar-refractivity contribution in [2.75, 3.05) is 6.54 Å². The molecule has 24 heavy (non-hydrogen) atoms. The van der Waals surface area contributed by atoms with Crippen molar-refractivity contribution in [2.24, 2.45) is 0 Å². The Morgan fingerprint density at radius 2 is 1.96 bits per heavy atom. The standard InChI is InChI=1S/C19H19N3OS/c1-2-11-22(14-15-6-4-3-5-7-15)19(23)16-8-9-20-17(13-16)18-21-10-12-24-18/h3-10,12-13H,2,11,14H2,1H3. The molecule has 0 unspecified atom stereocenters. The first-order chi connectivity index (χ1) is 11.8. The molecular weight excluding hydrogens is 318 g/mol. The average Bonchev–Trinajstić information content (AvgIpc) is 3.16. The highest BCUT2D eigenvalue weighted by atomic mass is 32.1. The number of hydrogen-bond acceptors (Lipinski definition) is 4. The van der Waals surface area contributed by atoms with Gasteiger partial charge in [-0.3, -0.25) is 9.78 Å². The molecule has 0 aliphatic heterocycles. The number of hydrogen-bond donors (Lipinski definition) is 0. The molecule has 0 aliphatic rings. The van der Waals surface area contributed by atoms with Crippen LogP contribution < -0.4 is 0 Å². The summed E-state index contributed by atoms with van der Waals surface area (Å²) in [5.74, 6) is 0.0286. The molecule has 122 valence electrons. The number of amides is 1. The number of thiazole rings is 1. The van der Waals surface area contributed by atoms with Crippen LogP contribution in [0.2, 0.25) is 0 Å². The number of aromatic nitrogens is 2. The molecular formula is C19H19N3OS. The third kappa shape index (κ3) is 3.86. The van der Waals surface area contributed by atoms with Crippen LogP contribution in [-0.4, -0.2) is 27.3 Å². The van der Waals surface area contributed by atoms with Crippen molar-refractivity contribution < 1.29 is 4.79 Å². The lowest BCUT2D eigenvalue weighted by Crippen LogP contribution is -2.31. The summed E-state index contributed by atoms with van der Waals surface area (Å²) in [4.78, 5) is 23.4. The second-order valence-corrected chi connectivity index (χ2v) is 6.37. The van der Waals surface area contributed by atoms with Gasteiger partial charge in [0.2, 0.25) is 0 Å². The summed E-state index contributed by atoms with van der Waals surface area (Å²) in [5, 5.41) is 2.74. The van der Waals surface area contributed by atoms with Crippen molar-refractivity contribution in [3.05, 3.63) is 71.4 Å². The highest BCUT2D eigenvalue weighted by Gasteiger charge is 2.17. The second-order valence-electron chi connectivity index (χ2n) is 5.48. The lowest BCUT2D eigenvalue weighted by Gasteiger charge is -2.22. The SMILES string of the molecule is CCCN(Cc1ccccc1)C(=O)c1ccnc(-c2nccs2)c1. The van der Waals surface area contributed by atoms with Gasteiger partial charge >= 0.3 is 0 Å². The molecule has 0 aliphatic carbocycles. The van der Waals surface area contributed by atoms with Crippen LogP contribution in [0.3, 0.4) is 0 Å². The van der Waals surface area contributed by atoms with Gasteiger partial charge in [-0.2, -0.15) is 0 Å². The van der Waals surface area contributed by atoms with Gasteiger partial charge in [-0.25, -0.2) is 4.98 Å². The van der Waals surface area contributed by atoms with Crippen molar-refractivity contribution >= 4 is 17.2 Å². The van der Waals surface area contributed by atoms with Crippen molar-refractivity contribution in [3.8, 4) is 10.7 Å². The predicted molar refractivity (Wildman–Crippen MR) is 96.8 cm³/mol. The van der Waals surface area contributed by atoms with E-state index in [1.165, 1.54) is 11.3 Å². The van der Waals surface area contributed by atoms with Gasteiger partial charge in [0.1, 0.15) is 5.01 Å². The van der Waals surface area contributed by atoms with Gasteiger partial charge in [0.25, 0.3) is 5.91 Å². The molecule has 3 aromatic rings. The lowest BCUT2D eigenvalue weighted by atomic mass is 10.1. The Morgan fingerprint density at radius 1 is 1.12 bits per heavy atom. The molecule has 0 radical (unpaired) electrons. The van der Waals surface area contributed by atoms with E-state index in [1.807, 2.05) is 46.7 Å². The summed E-state index contributed by atoms with van der Waals surface area (Å²) in [6.45, 7) is 3.42. The Hall–Kier alpha value is -2.53. The highest BCUT2D eigenvalue weighted by Crippen LogP contribution is 2.21. The highest BCUT2D eigenvalue weighted by molar-refractivity contribution is 7.13. The van der Waals surface area contributed by atoms with Crippen LogP contribution in [0, 0.1) is 0 Å². The predicted octanol–water partition coefficient (Wildman–Crippen LogP) is 4.26. The second kappa shape index (κ2) is 7.84. The van der Waals surface area contributed by atoms with Crippen molar-refractivity contribution in [3.63, 3.8) is 0 Å². The van der Waals surface area contributed by atoms with E-state index in [2.05, 4.69) is 16.9 Å². The van der Waals surface area contributed by atoms with E-state index in [9.17, 15) is 4.79 Å². The summed E-state index contributed by atoms with van der Waals surface area (Å²) in [6, 6.07) is 13.7. The molecule has 0 spiro atoms. The van der Waals surface area contributed by atoms with Crippen LogP contribution in [0.4, 0.5) is 0 Å². The molecule has 0 fully saturated rings. The van der Waals surface area contributed by atoms with Crippen LogP contribution in [0.5, 0.6) is 0 Å². The van der Waals surface area contributed by atoms with Gasteiger partial charge in [-0.1, -0.05) is 37.3 Å². The molecule has 0 N–H and O–H groups in total. The largest absolute Gasteiger partial charge is 0.334 e. The summed E-state index contributed by atoms with van der Waals surface area (Å²) < 4.78 is 0. The summed E-state index contributed by atoms with van der Waals surface area (Å²) in [7, 11) is 0. The number of pyridine rings is 1. The van der Waals surface area contributed by atoms with Gasteiger partial charge < -0.3 is 4.90 Å². The minimum Gasteiger partial charge on any atom is -0.334 e. The Balaban J connectivity index is 1.83.